The van der Waals surface area contributed by atoms with Gasteiger partial charge in [0.25, 0.3) is 0 Å². The van der Waals surface area contributed by atoms with Gasteiger partial charge in [-0.1, -0.05) is 84.4 Å². The molecular weight excluding hydrogens is 558 g/mol. The summed E-state index contributed by atoms with van der Waals surface area (Å²) in [6.45, 7) is 0. The molecule has 0 aliphatic heterocycles. The van der Waals surface area contributed by atoms with E-state index in [0.29, 0.717) is 32.8 Å². The van der Waals surface area contributed by atoms with E-state index in [9.17, 15) is 19.6 Å². The molecule has 6 atom stereocenters. The Morgan fingerprint density at radius 1 is 0.628 bits per heavy atom. The molecule has 0 N–H and O–H groups in total. The van der Waals surface area contributed by atoms with Gasteiger partial charge >= 0.3 is 0 Å². The fourth-order valence-corrected chi connectivity index (χ4v) is 9.69. The summed E-state index contributed by atoms with van der Waals surface area (Å²) in [5.41, 5.74) is 1.24. The van der Waals surface area contributed by atoms with Crippen LogP contribution < -0.4 is 0 Å². The van der Waals surface area contributed by atoms with Gasteiger partial charge in [0.1, 0.15) is 0 Å². The average molecular weight is 578 g/mol. The second-order valence-electron chi connectivity index (χ2n) is 12.2. The topological polar surface area (TPSA) is 92.1 Å². The van der Waals surface area contributed by atoms with Crippen molar-refractivity contribution in [2.45, 2.75) is 11.8 Å². The van der Waals surface area contributed by atoms with Crippen molar-refractivity contribution < 1.29 is 19.2 Å². The van der Waals surface area contributed by atoms with Crippen LogP contribution in [0.25, 0.3) is 0 Å². The number of allylic oxidation sites excluding steroid dienone is 2. The molecule has 204 valence electrons. The zero-order valence-corrected chi connectivity index (χ0v) is 23.3. The lowest BCUT2D eigenvalue weighted by Crippen LogP contribution is -2.51. The molecule has 4 bridgehead atoms. The summed E-state index contributed by atoms with van der Waals surface area (Å²) in [7, 11) is 0. The van der Waals surface area contributed by atoms with E-state index in [1.165, 1.54) is 0 Å². The van der Waals surface area contributed by atoms with Crippen LogP contribution in [0, 0.1) is 34.0 Å². The minimum atomic E-state index is -1.48. The number of benzene rings is 4. The summed E-state index contributed by atoms with van der Waals surface area (Å²) in [6.07, 6.45) is 0. The van der Waals surface area contributed by atoms with Gasteiger partial charge < -0.3 is 0 Å². The van der Waals surface area contributed by atoms with Crippen molar-refractivity contribution in [3.8, 4) is 6.07 Å². The van der Waals surface area contributed by atoms with Gasteiger partial charge in [-0.25, -0.2) is 0 Å². The smallest absolute Gasteiger partial charge is 0.191 e. The summed E-state index contributed by atoms with van der Waals surface area (Å²) < 4.78 is 0. The number of nitriles is 1. The van der Waals surface area contributed by atoms with Crippen LogP contribution in [0.2, 0.25) is 5.02 Å². The number of nitrogens with zero attached hydrogens (tertiary/aromatic N) is 1. The van der Waals surface area contributed by atoms with Crippen molar-refractivity contribution in [1.82, 2.24) is 0 Å². The monoisotopic (exact) mass is 577 g/mol. The number of hydrogen-bond donors (Lipinski definition) is 0. The predicted molar refractivity (Wildman–Crippen MR) is 157 cm³/mol. The Balaban J connectivity index is 1.43. The van der Waals surface area contributed by atoms with Gasteiger partial charge in [0.05, 0.1) is 22.5 Å². The van der Waals surface area contributed by atoms with E-state index in [-0.39, 0.29) is 34.3 Å². The summed E-state index contributed by atoms with van der Waals surface area (Å²) in [6, 6.07) is 30.2. The van der Waals surface area contributed by atoms with Crippen LogP contribution in [-0.2, 0) is 0 Å². The molecule has 4 aromatic carbocycles. The Morgan fingerprint density at radius 3 is 1.81 bits per heavy atom. The Morgan fingerprint density at radius 2 is 1.19 bits per heavy atom. The van der Waals surface area contributed by atoms with Crippen molar-refractivity contribution in [2.24, 2.45) is 22.7 Å². The first-order valence-electron chi connectivity index (χ1n) is 14.3. The Bertz CT molecular complexity index is 2100. The highest BCUT2D eigenvalue weighted by atomic mass is 35.5. The highest BCUT2D eigenvalue weighted by Crippen LogP contribution is 2.94. The number of carbonyl (C=O) groups excluding carboxylic acids is 4. The van der Waals surface area contributed by atoms with Gasteiger partial charge in [-0.15, -0.1) is 0 Å². The van der Waals surface area contributed by atoms with Gasteiger partial charge in [-0.2, -0.15) is 5.26 Å². The highest BCUT2D eigenvalue weighted by molar-refractivity contribution is 6.36. The molecule has 0 amide bonds. The third-order valence-electron chi connectivity index (χ3n) is 10.8. The molecule has 0 heterocycles. The SMILES string of the molecule is N#Cc1ccc(C2C3C4=C(C(=O)c5ccccc5C4=O)C45C(=O)c6ccccc6C(=O)[C@]4(C3c3ccc(Cl)cc3)C25)cc1. The molecule has 6 aliphatic rings. The quantitative estimate of drug-likeness (QED) is 0.262. The van der Waals surface area contributed by atoms with Crippen LogP contribution in [-0.4, -0.2) is 23.1 Å². The molecule has 2 fully saturated rings. The number of ketones is 4. The highest BCUT2D eigenvalue weighted by Gasteiger charge is 2.97. The first-order chi connectivity index (χ1) is 20.9. The lowest BCUT2D eigenvalue weighted by Gasteiger charge is -2.48. The summed E-state index contributed by atoms with van der Waals surface area (Å²) in [5.74, 6) is -3.04. The molecular formula is C37H20ClNO4. The summed E-state index contributed by atoms with van der Waals surface area (Å²) in [4.78, 5) is 59.0. The fourth-order valence-electron chi connectivity index (χ4n) is 9.57. The Labute approximate surface area is 251 Å². The maximum Gasteiger partial charge on any atom is 0.191 e. The van der Waals surface area contributed by atoms with E-state index in [2.05, 4.69) is 6.07 Å². The van der Waals surface area contributed by atoms with Crippen molar-refractivity contribution in [3.05, 3.63) is 152 Å². The maximum absolute atomic E-state index is 15.0. The molecule has 6 aliphatic carbocycles. The molecule has 6 heteroatoms. The molecule has 0 radical (unpaired) electrons. The van der Waals surface area contributed by atoms with E-state index in [0.717, 1.165) is 11.1 Å². The average Bonchev–Trinajstić information content (AvgIpc) is 3.60. The van der Waals surface area contributed by atoms with Gasteiger partial charge in [0.15, 0.2) is 23.1 Å². The van der Waals surface area contributed by atoms with Crippen LogP contribution in [0.5, 0.6) is 0 Å². The largest absolute Gasteiger partial charge is 0.293 e. The second kappa shape index (κ2) is 7.92. The molecule has 5 unspecified atom stereocenters. The van der Waals surface area contributed by atoms with Gasteiger partial charge in [-0.3, -0.25) is 19.2 Å². The zero-order valence-electron chi connectivity index (χ0n) is 22.5. The van der Waals surface area contributed by atoms with Crippen LogP contribution in [0.1, 0.15) is 70.0 Å². The van der Waals surface area contributed by atoms with E-state index >= 15 is 4.79 Å². The molecule has 0 aromatic heterocycles. The molecule has 5 nitrogen and oxygen atoms in total. The number of carbonyl (C=O) groups is 4. The normalized spacial score (nSPS) is 30.7. The van der Waals surface area contributed by atoms with E-state index in [4.69, 9.17) is 11.6 Å². The first-order valence-corrected chi connectivity index (χ1v) is 14.6. The van der Waals surface area contributed by atoms with E-state index in [1.807, 2.05) is 24.3 Å². The van der Waals surface area contributed by atoms with Crippen LogP contribution >= 0.6 is 11.6 Å². The van der Waals surface area contributed by atoms with Gasteiger partial charge in [0.2, 0.25) is 0 Å². The lowest BCUT2D eigenvalue weighted by atomic mass is 9.51. The molecule has 2 spiro atoms. The molecule has 10 rings (SSSR count). The number of hydrogen-bond acceptors (Lipinski definition) is 5. The molecule has 2 saturated carbocycles. The summed E-state index contributed by atoms with van der Waals surface area (Å²) >= 11 is 6.30. The van der Waals surface area contributed by atoms with Crippen LogP contribution in [0.15, 0.2) is 108 Å². The second-order valence-corrected chi connectivity index (χ2v) is 12.6. The van der Waals surface area contributed by atoms with Crippen molar-refractivity contribution in [1.29, 1.82) is 5.26 Å². The minimum absolute atomic E-state index is 0.153. The van der Waals surface area contributed by atoms with E-state index < -0.39 is 34.5 Å². The zero-order chi connectivity index (χ0) is 29.4. The number of fused-ring (bicyclic) bond motifs is 2. The van der Waals surface area contributed by atoms with Crippen LogP contribution in [0.3, 0.4) is 0 Å². The van der Waals surface area contributed by atoms with Crippen molar-refractivity contribution in [2.75, 3.05) is 0 Å². The van der Waals surface area contributed by atoms with Crippen LogP contribution in [0.4, 0.5) is 0 Å². The first kappa shape index (κ1) is 24.7. The van der Waals surface area contributed by atoms with Gasteiger partial charge in [-0.05, 0) is 47.2 Å². The standard InChI is InChI=1S/C37H20ClNO4/c38-21-15-13-20(14-16-21)29-27-26(19-11-9-18(17-39)10-12-19)33-36(29)34(42)24-7-3-4-8-25(24)35(43)37(33,36)30-28(27)31(40)22-5-1-2-6-23(22)32(30)41/h1-16,26-27,29,33H/t26?,27?,29?,33?,36-,37?/m0/s1. The van der Waals surface area contributed by atoms with Crippen molar-refractivity contribution in [3.63, 3.8) is 0 Å². The molecule has 0 saturated heterocycles. The number of Topliss-reactive ketones (excluding diaryl/α,β-unsaturated/α-hetero) is 4. The lowest BCUT2D eigenvalue weighted by molar-refractivity contribution is 0.0661. The number of rotatable bonds is 2. The van der Waals surface area contributed by atoms with E-state index in [1.54, 1.807) is 72.8 Å². The number of halogens is 1. The third-order valence-corrected chi connectivity index (χ3v) is 11.1. The van der Waals surface area contributed by atoms with Crippen molar-refractivity contribution >= 4 is 34.7 Å². The third kappa shape index (κ3) is 2.54. The minimum Gasteiger partial charge on any atom is -0.293 e. The van der Waals surface area contributed by atoms with Gasteiger partial charge in [0, 0.05) is 50.3 Å². The Kier molecular flexibility index (Phi) is 4.54. The Hall–Kier alpha value is -4.92. The fraction of sp³-hybridized carbons (Fsp3) is 0.162. The molecule has 43 heavy (non-hydrogen) atoms. The summed E-state index contributed by atoms with van der Waals surface area (Å²) in [5, 5.41) is 10.0. The maximum atomic E-state index is 15.0. The predicted octanol–water partition coefficient (Wildman–Crippen LogP) is 6.78. The molecule has 4 aromatic rings.